The molecule has 0 aromatic rings. The van der Waals surface area contributed by atoms with Crippen molar-refractivity contribution in [1.82, 2.24) is 4.90 Å². The first-order valence-corrected chi connectivity index (χ1v) is 8.30. The summed E-state index contributed by atoms with van der Waals surface area (Å²) in [4.78, 5) is 14.2. The van der Waals surface area contributed by atoms with E-state index in [0.717, 1.165) is 25.7 Å². The highest BCUT2D eigenvalue weighted by molar-refractivity contribution is 7.85. The van der Waals surface area contributed by atoms with Gasteiger partial charge in [0.2, 0.25) is 5.91 Å². The summed E-state index contributed by atoms with van der Waals surface area (Å²) in [5, 5.41) is 0. The third-order valence-corrected chi connectivity index (χ3v) is 5.57. The third kappa shape index (κ3) is 2.73. The molecule has 0 radical (unpaired) electrons. The normalized spacial score (nSPS) is 31.9. The highest BCUT2D eigenvalue weighted by Crippen LogP contribution is 2.43. The quantitative estimate of drug-likeness (QED) is 0.591. The van der Waals surface area contributed by atoms with Crippen LogP contribution in [-0.4, -0.2) is 38.1 Å². The first-order valence-electron chi connectivity index (χ1n) is 7.20. The zero-order valence-electron chi connectivity index (χ0n) is 12.6. The number of hydrogen-bond acceptors (Lipinski definition) is 2. The van der Waals surface area contributed by atoms with Crippen LogP contribution in [0, 0.1) is 5.92 Å². The molecule has 0 N–H and O–H groups in total. The molecule has 0 aromatic heterocycles. The monoisotopic (exact) mass is 296 g/mol. The molecule has 1 aliphatic carbocycles. The number of carbonyl (C=O) groups is 1. The maximum absolute atomic E-state index is 12.4. The molecule has 4 nitrogen and oxygen atoms in total. The molecule has 2 heterocycles. The minimum Gasteiger partial charge on any atom is -0.328 e. The second kappa shape index (κ2) is 5.43. The molecule has 0 aromatic carbocycles. The van der Waals surface area contributed by atoms with Crippen molar-refractivity contribution in [2.24, 2.45) is 10.3 Å². The number of fused-ring (bicyclic) bond motifs is 3. The van der Waals surface area contributed by atoms with Crippen molar-refractivity contribution in [3.8, 4) is 0 Å². The van der Waals surface area contributed by atoms with E-state index in [1.54, 1.807) is 12.3 Å². The second-order valence-electron chi connectivity index (χ2n) is 6.71. The summed E-state index contributed by atoms with van der Waals surface area (Å²) in [5.74, 6) is 0.369. The van der Waals surface area contributed by atoms with Gasteiger partial charge in [0.05, 0.1) is 10.3 Å². The molecule has 3 rings (SSSR count). The van der Waals surface area contributed by atoms with E-state index < -0.39 is 11.0 Å². The van der Waals surface area contributed by atoms with Crippen molar-refractivity contribution < 1.29 is 9.00 Å². The molecular formula is C15H24N2O2S. The first kappa shape index (κ1) is 15.4. The molecule has 1 unspecified atom stereocenters. The number of amides is 1. The predicted octanol–water partition coefficient (Wildman–Crippen LogP) is 2.48. The van der Waals surface area contributed by atoms with E-state index in [0.29, 0.717) is 6.54 Å². The fourth-order valence-corrected chi connectivity index (χ4v) is 3.59. The van der Waals surface area contributed by atoms with Crippen molar-refractivity contribution in [1.29, 1.82) is 0 Å². The molecule has 1 amide bonds. The van der Waals surface area contributed by atoms with Crippen LogP contribution in [0.1, 0.15) is 46.5 Å². The van der Waals surface area contributed by atoms with E-state index in [1.165, 1.54) is 0 Å². The van der Waals surface area contributed by atoms with Crippen molar-refractivity contribution in [2.75, 3.05) is 6.54 Å². The lowest BCUT2D eigenvalue weighted by atomic mass is 9.70. The molecule has 3 aliphatic rings. The highest BCUT2D eigenvalue weighted by Gasteiger charge is 2.49. The van der Waals surface area contributed by atoms with Gasteiger partial charge in [0.15, 0.2) is 0 Å². The van der Waals surface area contributed by atoms with Crippen LogP contribution in [0.4, 0.5) is 0 Å². The third-order valence-electron chi connectivity index (χ3n) is 4.23. The van der Waals surface area contributed by atoms with E-state index >= 15 is 0 Å². The van der Waals surface area contributed by atoms with Gasteiger partial charge in [0.1, 0.15) is 11.0 Å². The Morgan fingerprint density at radius 1 is 1.45 bits per heavy atom. The van der Waals surface area contributed by atoms with E-state index in [9.17, 15) is 9.00 Å². The van der Waals surface area contributed by atoms with Crippen LogP contribution in [0.2, 0.25) is 0 Å². The molecule has 3 fully saturated rings. The molecule has 0 spiro atoms. The van der Waals surface area contributed by atoms with Gasteiger partial charge in [-0.2, -0.15) is 4.40 Å². The molecule has 2 aliphatic heterocycles. The van der Waals surface area contributed by atoms with Gasteiger partial charge in [-0.25, -0.2) is 4.21 Å². The second-order valence-corrected chi connectivity index (χ2v) is 8.65. The van der Waals surface area contributed by atoms with Gasteiger partial charge >= 0.3 is 0 Å². The Hall–Kier alpha value is -0.970. The maximum Gasteiger partial charge on any atom is 0.226 e. The fourth-order valence-electron chi connectivity index (χ4n) is 2.98. The summed E-state index contributed by atoms with van der Waals surface area (Å²) in [5.41, 5.74) is -0.346. The number of piperidine rings is 2. The van der Waals surface area contributed by atoms with Crippen LogP contribution in [0.3, 0.4) is 0 Å². The maximum atomic E-state index is 12.4. The molecule has 1 saturated carbocycles. The smallest absolute Gasteiger partial charge is 0.226 e. The topological polar surface area (TPSA) is 49.7 Å². The Balaban J connectivity index is 2.25. The van der Waals surface area contributed by atoms with Crippen LogP contribution in [0.25, 0.3) is 0 Å². The van der Waals surface area contributed by atoms with Crippen LogP contribution < -0.4 is 0 Å². The van der Waals surface area contributed by atoms with Crippen molar-refractivity contribution in [3.63, 3.8) is 0 Å². The number of rotatable bonds is 4. The Morgan fingerprint density at radius 3 is 2.55 bits per heavy atom. The molecular weight excluding hydrogens is 272 g/mol. The van der Waals surface area contributed by atoms with Gasteiger partial charge in [-0.1, -0.05) is 6.08 Å². The molecule has 5 heteroatoms. The van der Waals surface area contributed by atoms with Crippen LogP contribution >= 0.6 is 0 Å². The average molecular weight is 296 g/mol. The Labute approximate surface area is 123 Å². The van der Waals surface area contributed by atoms with Crippen molar-refractivity contribution in [2.45, 2.75) is 56.7 Å². The summed E-state index contributed by atoms with van der Waals surface area (Å²) < 4.78 is 16.0. The highest BCUT2D eigenvalue weighted by atomic mass is 32.2. The van der Waals surface area contributed by atoms with E-state index in [4.69, 9.17) is 0 Å². The lowest BCUT2D eigenvalue weighted by molar-refractivity contribution is -0.149. The molecule has 2 bridgehead atoms. The van der Waals surface area contributed by atoms with E-state index in [2.05, 4.69) is 11.0 Å². The first-order chi connectivity index (χ1) is 9.30. The predicted molar refractivity (Wildman–Crippen MR) is 83.0 cm³/mol. The Morgan fingerprint density at radius 2 is 2.05 bits per heavy atom. The molecule has 1 atom stereocenters. The average Bonchev–Trinajstić information content (AvgIpc) is 2.40. The summed E-state index contributed by atoms with van der Waals surface area (Å²) in [7, 11) is -1.27. The van der Waals surface area contributed by atoms with Gasteiger partial charge in [-0.15, -0.1) is 6.58 Å². The minimum absolute atomic E-state index is 0.165. The van der Waals surface area contributed by atoms with Gasteiger partial charge in [-0.3, -0.25) is 4.79 Å². The van der Waals surface area contributed by atoms with Crippen LogP contribution in [0.15, 0.2) is 17.1 Å². The largest absolute Gasteiger partial charge is 0.328 e. The zero-order valence-corrected chi connectivity index (χ0v) is 13.4. The molecule has 2 saturated heterocycles. The fraction of sp³-hybridized carbons (Fsp3) is 0.733. The summed E-state index contributed by atoms with van der Waals surface area (Å²) in [6.07, 6.45) is 7.21. The lowest BCUT2D eigenvalue weighted by Gasteiger charge is -2.52. The molecule has 112 valence electrons. The summed E-state index contributed by atoms with van der Waals surface area (Å²) in [6, 6.07) is 0. The summed E-state index contributed by atoms with van der Waals surface area (Å²) in [6.45, 7) is 10.0. The standard InChI is InChI=1S/C15H24N2O2S/c1-5-10-17-13(18)12-6-8-15(17,9-7-12)11-16-20(19)14(2,3)4/h5,11-12H,1,6-10H2,2-4H3/b16-11+. The van der Waals surface area contributed by atoms with E-state index in [1.807, 2.05) is 25.7 Å². The number of hydrogen-bond donors (Lipinski definition) is 0. The van der Waals surface area contributed by atoms with Crippen LogP contribution in [0.5, 0.6) is 0 Å². The minimum atomic E-state index is -1.27. The summed E-state index contributed by atoms with van der Waals surface area (Å²) >= 11 is 0. The zero-order chi connectivity index (χ0) is 15.0. The van der Waals surface area contributed by atoms with Gasteiger partial charge in [0, 0.05) is 18.7 Å². The van der Waals surface area contributed by atoms with E-state index in [-0.39, 0.29) is 22.1 Å². The Kier molecular flexibility index (Phi) is 4.19. The number of nitrogens with zero attached hydrogens (tertiary/aromatic N) is 2. The Bertz CT molecular complexity index is 457. The van der Waals surface area contributed by atoms with Gasteiger partial charge in [-0.05, 0) is 46.5 Å². The van der Waals surface area contributed by atoms with Crippen LogP contribution in [-0.2, 0) is 15.8 Å². The number of carbonyl (C=O) groups excluding carboxylic acids is 1. The molecule has 20 heavy (non-hydrogen) atoms. The van der Waals surface area contributed by atoms with Crippen molar-refractivity contribution >= 4 is 23.1 Å². The van der Waals surface area contributed by atoms with Gasteiger partial charge < -0.3 is 4.90 Å². The SMILES string of the molecule is C=CCN1C(=O)C2CCC1(/C=N/S(=O)C(C)(C)C)CC2. The van der Waals surface area contributed by atoms with Crippen molar-refractivity contribution in [3.05, 3.63) is 12.7 Å². The van der Waals surface area contributed by atoms with Gasteiger partial charge in [0.25, 0.3) is 0 Å². The lowest BCUT2D eigenvalue weighted by Crippen LogP contribution is -2.62.